The summed E-state index contributed by atoms with van der Waals surface area (Å²) in [5.41, 5.74) is 1.95. The van der Waals surface area contributed by atoms with Crippen LogP contribution in [-0.2, 0) is 4.79 Å². The molecule has 0 spiro atoms. The van der Waals surface area contributed by atoms with Crippen molar-refractivity contribution in [2.45, 2.75) is 32.9 Å². The van der Waals surface area contributed by atoms with E-state index >= 15 is 0 Å². The molecular formula is C23H28FN3O2. The number of carbonyl (C=O) groups excluding carboxylic acids is 2. The third-order valence-electron chi connectivity index (χ3n) is 5.61. The Morgan fingerprint density at radius 1 is 1.00 bits per heavy atom. The number of hydrogen-bond donors (Lipinski definition) is 1. The molecular weight excluding hydrogens is 369 g/mol. The zero-order valence-electron chi connectivity index (χ0n) is 17.2. The first-order valence-electron chi connectivity index (χ1n) is 10.0. The summed E-state index contributed by atoms with van der Waals surface area (Å²) in [5, 5.41) is 3.06. The monoisotopic (exact) mass is 397 g/mol. The van der Waals surface area contributed by atoms with Crippen LogP contribution in [0.2, 0.25) is 0 Å². The third kappa shape index (κ3) is 5.01. The summed E-state index contributed by atoms with van der Waals surface area (Å²) in [6.07, 6.45) is 0. The van der Waals surface area contributed by atoms with Gasteiger partial charge in [-0.05, 0) is 44.0 Å². The van der Waals surface area contributed by atoms with E-state index in [1.54, 1.807) is 24.0 Å². The number of carbonyl (C=O) groups is 2. The average Bonchev–Trinajstić information content (AvgIpc) is 2.75. The van der Waals surface area contributed by atoms with Crippen molar-refractivity contribution < 1.29 is 14.0 Å². The molecule has 0 aliphatic carbocycles. The molecule has 1 saturated heterocycles. The molecule has 0 bridgehead atoms. The Morgan fingerprint density at radius 2 is 1.66 bits per heavy atom. The number of nitrogens with one attached hydrogen (secondary N) is 1. The number of halogens is 1. The van der Waals surface area contributed by atoms with E-state index in [0.29, 0.717) is 37.3 Å². The number of amides is 2. The molecule has 1 heterocycles. The Kier molecular flexibility index (Phi) is 6.64. The Balaban J connectivity index is 1.53. The minimum atomic E-state index is -0.368. The van der Waals surface area contributed by atoms with Crippen LogP contribution in [0.5, 0.6) is 0 Å². The minimum absolute atomic E-state index is 0.0262. The molecule has 0 radical (unpaired) electrons. The maximum Gasteiger partial charge on any atom is 0.254 e. The van der Waals surface area contributed by atoms with Crippen LogP contribution in [-0.4, -0.2) is 53.8 Å². The molecule has 3 rings (SSSR count). The van der Waals surface area contributed by atoms with Gasteiger partial charge in [0, 0.05) is 31.7 Å². The first-order chi connectivity index (χ1) is 13.9. The number of benzene rings is 2. The Bertz CT molecular complexity index is 864. The fraction of sp³-hybridized carbons (Fsp3) is 0.391. The number of piperazine rings is 1. The lowest BCUT2D eigenvalue weighted by Crippen LogP contribution is -2.55. The summed E-state index contributed by atoms with van der Waals surface area (Å²) in [7, 11) is 0. The van der Waals surface area contributed by atoms with E-state index in [0.717, 1.165) is 5.56 Å². The molecule has 154 valence electrons. The van der Waals surface area contributed by atoms with E-state index in [1.165, 1.54) is 6.07 Å². The van der Waals surface area contributed by atoms with Gasteiger partial charge in [0.15, 0.2) is 0 Å². The molecule has 0 aromatic heterocycles. The first kappa shape index (κ1) is 21.0. The van der Waals surface area contributed by atoms with Crippen LogP contribution in [0.25, 0.3) is 0 Å². The van der Waals surface area contributed by atoms with Gasteiger partial charge in [0.05, 0.1) is 12.1 Å². The van der Waals surface area contributed by atoms with Crippen molar-refractivity contribution in [1.82, 2.24) is 15.1 Å². The van der Waals surface area contributed by atoms with Gasteiger partial charge in [-0.2, -0.15) is 0 Å². The highest BCUT2D eigenvalue weighted by Crippen LogP contribution is 2.16. The fourth-order valence-electron chi connectivity index (χ4n) is 3.55. The molecule has 1 aliphatic rings. The van der Waals surface area contributed by atoms with Crippen LogP contribution in [0.1, 0.15) is 41.4 Å². The molecule has 1 fully saturated rings. The summed E-state index contributed by atoms with van der Waals surface area (Å²) < 4.78 is 13.8. The highest BCUT2D eigenvalue weighted by molar-refractivity contribution is 5.94. The topological polar surface area (TPSA) is 52.7 Å². The molecule has 5 nitrogen and oxygen atoms in total. The van der Waals surface area contributed by atoms with Crippen molar-refractivity contribution in [1.29, 1.82) is 0 Å². The number of nitrogens with zero attached hydrogens (tertiary/aromatic N) is 2. The normalized spacial score (nSPS) is 16.9. The SMILES string of the molecule is Cc1ccc(C(=O)N2CCN(C(C)C(=O)NC(C)c3ccccc3)CC2)cc1F. The van der Waals surface area contributed by atoms with Crippen molar-refractivity contribution >= 4 is 11.8 Å². The number of rotatable bonds is 5. The van der Waals surface area contributed by atoms with E-state index in [9.17, 15) is 14.0 Å². The van der Waals surface area contributed by atoms with Crippen molar-refractivity contribution in [3.05, 3.63) is 71.0 Å². The van der Waals surface area contributed by atoms with Crippen LogP contribution in [0, 0.1) is 12.7 Å². The van der Waals surface area contributed by atoms with Gasteiger partial charge in [-0.3, -0.25) is 14.5 Å². The maximum absolute atomic E-state index is 13.8. The molecule has 2 atom stereocenters. The van der Waals surface area contributed by atoms with E-state index in [4.69, 9.17) is 0 Å². The minimum Gasteiger partial charge on any atom is -0.348 e. The Morgan fingerprint density at radius 3 is 2.28 bits per heavy atom. The van der Waals surface area contributed by atoms with Gasteiger partial charge >= 0.3 is 0 Å². The van der Waals surface area contributed by atoms with Crippen molar-refractivity contribution in [3.63, 3.8) is 0 Å². The Hall–Kier alpha value is -2.73. The average molecular weight is 397 g/mol. The van der Waals surface area contributed by atoms with Gasteiger partial charge in [-0.1, -0.05) is 36.4 Å². The van der Waals surface area contributed by atoms with Gasteiger partial charge in [-0.25, -0.2) is 4.39 Å². The smallest absolute Gasteiger partial charge is 0.254 e. The molecule has 1 aliphatic heterocycles. The first-order valence-corrected chi connectivity index (χ1v) is 10.0. The van der Waals surface area contributed by atoms with Crippen LogP contribution >= 0.6 is 0 Å². The van der Waals surface area contributed by atoms with E-state index in [2.05, 4.69) is 10.2 Å². The molecule has 1 N–H and O–H groups in total. The molecule has 0 saturated carbocycles. The lowest BCUT2D eigenvalue weighted by atomic mass is 10.1. The lowest BCUT2D eigenvalue weighted by Gasteiger charge is -2.37. The van der Waals surface area contributed by atoms with Crippen LogP contribution in [0.3, 0.4) is 0 Å². The van der Waals surface area contributed by atoms with Crippen LogP contribution < -0.4 is 5.32 Å². The number of hydrogen-bond acceptors (Lipinski definition) is 3. The molecule has 2 amide bonds. The Labute approximate surface area is 171 Å². The lowest BCUT2D eigenvalue weighted by molar-refractivity contribution is -0.127. The molecule has 29 heavy (non-hydrogen) atoms. The molecule has 2 unspecified atom stereocenters. The summed E-state index contributed by atoms with van der Waals surface area (Å²) in [5.74, 6) is -0.563. The van der Waals surface area contributed by atoms with Crippen LogP contribution in [0.15, 0.2) is 48.5 Å². The predicted octanol–water partition coefficient (Wildman–Crippen LogP) is 3.16. The van der Waals surface area contributed by atoms with Gasteiger partial charge in [0.25, 0.3) is 5.91 Å². The van der Waals surface area contributed by atoms with E-state index < -0.39 is 0 Å². The van der Waals surface area contributed by atoms with E-state index in [-0.39, 0.29) is 29.7 Å². The van der Waals surface area contributed by atoms with Gasteiger partial charge in [0.2, 0.25) is 5.91 Å². The zero-order valence-corrected chi connectivity index (χ0v) is 17.2. The standard InChI is InChI=1S/C23H28FN3O2/c1-16-9-10-20(15-21(16)24)23(29)27-13-11-26(12-14-27)18(3)22(28)25-17(2)19-7-5-4-6-8-19/h4-10,15,17-18H,11-14H2,1-3H3,(H,25,28). The highest BCUT2D eigenvalue weighted by Gasteiger charge is 2.28. The largest absolute Gasteiger partial charge is 0.348 e. The summed E-state index contributed by atoms with van der Waals surface area (Å²) in [4.78, 5) is 29.1. The van der Waals surface area contributed by atoms with Gasteiger partial charge in [0.1, 0.15) is 5.82 Å². The third-order valence-corrected chi connectivity index (χ3v) is 5.61. The van der Waals surface area contributed by atoms with Crippen molar-refractivity contribution in [3.8, 4) is 0 Å². The van der Waals surface area contributed by atoms with Crippen molar-refractivity contribution in [2.75, 3.05) is 26.2 Å². The summed E-state index contributed by atoms with van der Waals surface area (Å²) in [6.45, 7) is 7.77. The van der Waals surface area contributed by atoms with Gasteiger partial charge in [-0.15, -0.1) is 0 Å². The summed E-state index contributed by atoms with van der Waals surface area (Å²) in [6, 6.07) is 14.1. The highest BCUT2D eigenvalue weighted by atomic mass is 19.1. The molecule has 2 aromatic rings. The molecule has 2 aromatic carbocycles. The van der Waals surface area contributed by atoms with Crippen molar-refractivity contribution in [2.24, 2.45) is 0 Å². The van der Waals surface area contributed by atoms with Gasteiger partial charge < -0.3 is 10.2 Å². The quantitative estimate of drug-likeness (QED) is 0.843. The zero-order chi connectivity index (χ0) is 21.0. The summed E-state index contributed by atoms with van der Waals surface area (Å²) >= 11 is 0. The maximum atomic E-state index is 13.8. The second-order valence-electron chi connectivity index (χ2n) is 7.61. The second-order valence-corrected chi connectivity index (χ2v) is 7.61. The van der Waals surface area contributed by atoms with E-state index in [1.807, 2.05) is 44.2 Å². The predicted molar refractivity (Wildman–Crippen MR) is 111 cm³/mol. The van der Waals surface area contributed by atoms with Crippen LogP contribution in [0.4, 0.5) is 4.39 Å². The second kappa shape index (κ2) is 9.18. The fourth-order valence-corrected chi connectivity index (χ4v) is 3.55. The molecule has 6 heteroatoms. The number of aryl methyl sites for hydroxylation is 1.